The zero-order chi connectivity index (χ0) is 10.8. The molecule has 0 saturated carbocycles. The van der Waals surface area contributed by atoms with Crippen LogP contribution in [0.2, 0.25) is 0 Å². The molecule has 0 atom stereocenters. The van der Waals surface area contributed by atoms with E-state index in [1.807, 2.05) is 13.8 Å². The highest BCUT2D eigenvalue weighted by Gasteiger charge is 2.22. The molecule has 0 aromatic carbocycles. The van der Waals surface area contributed by atoms with E-state index in [4.69, 9.17) is 0 Å². The Morgan fingerprint density at radius 3 is 2.64 bits per heavy atom. The molecule has 2 N–H and O–H groups in total. The molecule has 0 saturated heterocycles. The molecule has 0 amide bonds. The Labute approximate surface area is 84.2 Å². The smallest absolute Gasteiger partial charge is 0.181 e. The zero-order valence-electron chi connectivity index (χ0n) is 8.53. The van der Waals surface area contributed by atoms with Gasteiger partial charge in [0.15, 0.2) is 9.84 Å². The first kappa shape index (κ1) is 11.0. The Kier molecular flexibility index (Phi) is 3.15. The van der Waals surface area contributed by atoms with Gasteiger partial charge in [-0.05, 0) is 5.92 Å². The summed E-state index contributed by atoms with van der Waals surface area (Å²) in [6.07, 6.45) is 1.35. The molecular formula is C8H15N3O2S. The van der Waals surface area contributed by atoms with Crippen LogP contribution in [-0.4, -0.2) is 20.4 Å². The number of sulfone groups is 1. The second-order valence-corrected chi connectivity index (χ2v) is 5.58. The molecule has 0 aromatic heterocycles. The maximum absolute atomic E-state index is 11.7. The normalized spacial score (nSPS) is 16.9. The standard InChI is InChI=1S/C8H15N3O2S/c1-4-14(12,13)7-5-9-11-10-8(7)6(2)3/h5-6,10-11H,4H2,1-3H3. The van der Waals surface area contributed by atoms with Crippen molar-refractivity contribution in [3.63, 3.8) is 0 Å². The SMILES string of the molecule is CCS(=O)(=O)C1=C(C(C)C)NNN=C1. The number of nitrogens with one attached hydrogen (secondary N) is 2. The molecule has 5 nitrogen and oxygen atoms in total. The Balaban J connectivity index is 3.21. The van der Waals surface area contributed by atoms with Gasteiger partial charge in [-0.3, -0.25) is 5.43 Å². The van der Waals surface area contributed by atoms with E-state index in [0.717, 1.165) is 0 Å². The van der Waals surface area contributed by atoms with E-state index in [2.05, 4.69) is 16.1 Å². The maximum Gasteiger partial charge on any atom is 0.181 e. The fourth-order valence-electron chi connectivity index (χ4n) is 1.15. The highest BCUT2D eigenvalue weighted by atomic mass is 32.2. The first-order valence-electron chi connectivity index (χ1n) is 4.50. The van der Waals surface area contributed by atoms with Crippen LogP contribution < -0.4 is 11.0 Å². The molecule has 1 heterocycles. The molecule has 0 radical (unpaired) electrons. The topological polar surface area (TPSA) is 70.6 Å². The largest absolute Gasteiger partial charge is 0.288 e. The van der Waals surface area contributed by atoms with Gasteiger partial charge in [-0.15, -0.1) is 0 Å². The molecule has 6 heteroatoms. The first-order valence-corrected chi connectivity index (χ1v) is 6.15. The molecular weight excluding hydrogens is 202 g/mol. The fraction of sp³-hybridized carbons (Fsp3) is 0.625. The van der Waals surface area contributed by atoms with Crippen LogP contribution in [0.15, 0.2) is 15.7 Å². The lowest BCUT2D eigenvalue weighted by atomic mass is 10.1. The molecule has 0 spiro atoms. The van der Waals surface area contributed by atoms with E-state index in [1.165, 1.54) is 6.21 Å². The monoisotopic (exact) mass is 217 g/mol. The lowest BCUT2D eigenvalue weighted by molar-refractivity contribution is 0.551. The third-order valence-electron chi connectivity index (χ3n) is 1.99. The van der Waals surface area contributed by atoms with Crippen molar-refractivity contribution >= 4 is 16.1 Å². The van der Waals surface area contributed by atoms with Crippen molar-refractivity contribution in [3.05, 3.63) is 10.6 Å². The van der Waals surface area contributed by atoms with Crippen molar-refractivity contribution < 1.29 is 8.42 Å². The summed E-state index contributed by atoms with van der Waals surface area (Å²) in [5.74, 6) is 0.206. The summed E-state index contributed by atoms with van der Waals surface area (Å²) in [4.78, 5) is 0.286. The van der Waals surface area contributed by atoms with Crippen LogP contribution in [0.4, 0.5) is 0 Å². The van der Waals surface area contributed by atoms with Gasteiger partial charge < -0.3 is 0 Å². The quantitative estimate of drug-likeness (QED) is 0.717. The van der Waals surface area contributed by atoms with Crippen LogP contribution in [0, 0.1) is 5.92 Å². The Hall–Kier alpha value is -1.04. The summed E-state index contributed by atoms with van der Waals surface area (Å²) in [6.45, 7) is 5.47. The van der Waals surface area contributed by atoms with Gasteiger partial charge >= 0.3 is 0 Å². The molecule has 0 aliphatic carbocycles. The van der Waals surface area contributed by atoms with Crippen molar-refractivity contribution in [1.82, 2.24) is 11.0 Å². The molecule has 14 heavy (non-hydrogen) atoms. The van der Waals surface area contributed by atoms with Crippen molar-refractivity contribution in [2.75, 3.05) is 5.75 Å². The van der Waals surface area contributed by atoms with Gasteiger partial charge in [-0.1, -0.05) is 20.8 Å². The van der Waals surface area contributed by atoms with Crippen LogP contribution in [0.3, 0.4) is 0 Å². The highest BCUT2D eigenvalue weighted by molar-refractivity contribution is 7.96. The lowest BCUT2D eigenvalue weighted by Gasteiger charge is -2.20. The summed E-state index contributed by atoms with van der Waals surface area (Å²) in [7, 11) is -3.19. The van der Waals surface area contributed by atoms with Crippen molar-refractivity contribution in [2.45, 2.75) is 20.8 Å². The van der Waals surface area contributed by atoms with E-state index < -0.39 is 9.84 Å². The molecule has 0 unspecified atom stereocenters. The first-order chi connectivity index (χ1) is 6.49. The number of rotatable bonds is 3. The third-order valence-corrected chi connectivity index (χ3v) is 3.75. The number of hydrazine groups is 1. The molecule has 0 bridgehead atoms. The Bertz CT molecular complexity index is 368. The Morgan fingerprint density at radius 2 is 2.14 bits per heavy atom. The van der Waals surface area contributed by atoms with Crippen molar-refractivity contribution in [2.24, 2.45) is 11.0 Å². The van der Waals surface area contributed by atoms with E-state index >= 15 is 0 Å². The number of hydrazone groups is 1. The second kappa shape index (κ2) is 4.00. The lowest BCUT2D eigenvalue weighted by Crippen LogP contribution is -2.35. The molecule has 1 aliphatic rings. The van der Waals surface area contributed by atoms with Gasteiger partial charge in [0, 0.05) is 0 Å². The highest BCUT2D eigenvalue weighted by Crippen LogP contribution is 2.17. The summed E-state index contributed by atoms with van der Waals surface area (Å²) in [5, 5.41) is 3.68. The van der Waals surface area contributed by atoms with Gasteiger partial charge in [0.1, 0.15) is 4.91 Å². The van der Waals surface area contributed by atoms with Gasteiger partial charge in [0.2, 0.25) is 0 Å². The van der Waals surface area contributed by atoms with E-state index in [9.17, 15) is 8.42 Å². The number of hydrogen-bond acceptors (Lipinski definition) is 5. The van der Waals surface area contributed by atoms with Crippen LogP contribution in [0.1, 0.15) is 20.8 Å². The minimum atomic E-state index is -3.19. The molecule has 1 rings (SSSR count). The van der Waals surface area contributed by atoms with Crippen molar-refractivity contribution in [3.8, 4) is 0 Å². The van der Waals surface area contributed by atoms with Crippen LogP contribution in [0.25, 0.3) is 0 Å². The summed E-state index contributed by atoms with van der Waals surface area (Å²) in [5.41, 5.74) is 5.97. The average molecular weight is 217 g/mol. The molecule has 0 fully saturated rings. The summed E-state index contributed by atoms with van der Waals surface area (Å²) < 4.78 is 23.3. The van der Waals surface area contributed by atoms with Gasteiger partial charge in [0.05, 0.1) is 17.7 Å². The van der Waals surface area contributed by atoms with E-state index in [1.54, 1.807) is 6.92 Å². The zero-order valence-corrected chi connectivity index (χ0v) is 9.35. The minimum Gasteiger partial charge on any atom is -0.288 e. The minimum absolute atomic E-state index is 0.0895. The van der Waals surface area contributed by atoms with E-state index in [-0.39, 0.29) is 16.6 Å². The average Bonchev–Trinajstić information content (AvgIpc) is 2.18. The summed E-state index contributed by atoms with van der Waals surface area (Å²) in [6, 6.07) is 0. The summed E-state index contributed by atoms with van der Waals surface area (Å²) >= 11 is 0. The van der Waals surface area contributed by atoms with Crippen LogP contribution in [-0.2, 0) is 9.84 Å². The van der Waals surface area contributed by atoms with Crippen LogP contribution >= 0.6 is 0 Å². The predicted octanol–water partition coefficient (Wildman–Crippen LogP) is 0.382. The number of nitrogens with zero attached hydrogens (tertiary/aromatic N) is 1. The Morgan fingerprint density at radius 1 is 1.50 bits per heavy atom. The van der Waals surface area contributed by atoms with E-state index in [0.29, 0.717) is 5.70 Å². The van der Waals surface area contributed by atoms with Gasteiger partial charge in [-0.2, -0.15) is 5.10 Å². The third kappa shape index (κ3) is 2.06. The van der Waals surface area contributed by atoms with Crippen molar-refractivity contribution in [1.29, 1.82) is 0 Å². The number of hydrogen-bond donors (Lipinski definition) is 2. The fourth-order valence-corrected chi connectivity index (χ4v) is 2.29. The second-order valence-electron chi connectivity index (χ2n) is 3.33. The predicted molar refractivity (Wildman–Crippen MR) is 56.1 cm³/mol. The molecule has 1 aliphatic heterocycles. The van der Waals surface area contributed by atoms with Crippen LogP contribution in [0.5, 0.6) is 0 Å². The van der Waals surface area contributed by atoms with Gasteiger partial charge in [-0.25, -0.2) is 14.0 Å². The molecule has 0 aromatic rings. The maximum atomic E-state index is 11.7. The molecule has 80 valence electrons. The number of allylic oxidation sites excluding steroid dienone is 2. The van der Waals surface area contributed by atoms with Gasteiger partial charge in [0.25, 0.3) is 0 Å².